The highest BCUT2D eigenvalue weighted by Gasteiger charge is 2.24. The first-order chi connectivity index (χ1) is 8.49. The Labute approximate surface area is 108 Å². The van der Waals surface area contributed by atoms with Crippen LogP contribution in [0.25, 0.3) is 0 Å². The molecule has 5 heteroatoms. The molecule has 0 atom stereocenters. The molecule has 4 nitrogen and oxygen atoms in total. The highest BCUT2D eigenvalue weighted by atomic mass is 32.2. The van der Waals surface area contributed by atoms with Crippen LogP contribution in [-0.4, -0.2) is 27.4 Å². The van der Waals surface area contributed by atoms with Gasteiger partial charge in [0.1, 0.15) is 0 Å². The molecular formula is C13H19NO3S. The molecule has 1 saturated heterocycles. The van der Waals surface area contributed by atoms with Gasteiger partial charge in [0.05, 0.1) is 10.6 Å². The lowest BCUT2D eigenvalue weighted by molar-refractivity contribution is 0.0723. The van der Waals surface area contributed by atoms with Gasteiger partial charge >= 0.3 is 0 Å². The van der Waals surface area contributed by atoms with Crippen molar-refractivity contribution in [3.05, 3.63) is 23.8 Å². The molecular weight excluding hydrogens is 250 g/mol. The molecule has 1 aliphatic heterocycles. The Morgan fingerprint density at radius 3 is 2.67 bits per heavy atom. The first kappa shape index (κ1) is 13.4. The minimum absolute atomic E-state index is 0.195. The second kappa shape index (κ2) is 5.28. The van der Waals surface area contributed by atoms with E-state index in [1.807, 2.05) is 0 Å². The Morgan fingerprint density at radius 1 is 1.33 bits per heavy atom. The van der Waals surface area contributed by atoms with E-state index in [4.69, 9.17) is 10.5 Å². The molecule has 2 N–H and O–H groups in total. The Hall–Kier alpha value is -1.07. The Balaban J connectivity index is 2.21. The summed E-state index contributed by atoms with van der Waals surface area (Å²) in [5.41, 5.74) is 6.93. The topological polar surface area (TPSA) is 69.4 Å². The van der Waals surface area contributed by atoms with Crippen LogP contribution in [0.15, 0.2) is 23.1 Å². The average Bonchev–Trinajstić information content (AvgIpc) is 2.33. The fraction of sp³-hybridized carbons (Fsp3) is 0.538. The van der Waals surface area contributed by atoms with E-state index < -0.39 is 9.84 Å². The van der Waals surface area contributed by atoms with E-state index >= 15 is 0 Å². The van der Waals surface area contributed by atoms with E-state index in [-0.39, 0.29) is 11.7 Å². The first-order valence-corrected chi connectivity index (χ1v) is 7.81. The van der Waals surface area contributed by atoms with Crippen molar-refractivity contribution in [1.29, 1.82) is 0 Å². The minimum Gasteiger partial charge on any atom is -0.399 e. The predicted octanol–water partition coefficient (Wildman–Crippen LogP) is 1.78. The third kappa shape index (κ3) is 3.03. The fourth-order valence-electron chi connectivity index (χ4n) is 2.26. The minimum atomic E-state index is -3.25. The summed E-state index contributed by atoms with van der Waals surface area (Å²) in [5, 5.41) is 0. The molecule has 1 aromatic carbocycles. The Kier molecular flexibility index (Phi) is 3.92. The van der Waals surface area contributed by atoms with Gasteiger partial charge in [-0.15, -0.1) is 0 Å². The number of hydrogen-bond acceptors (Lipinski definition) is 4. The first-order valence-electron chi connectivity index (χ1n) is 6.15. The third-order valence-corrected chi connectivity index (χ3v) is 5.36. The fourth-order valence-corrected chi connectivity index (χ4v) is 4.27. The molecule has 1 heterocycles. The van der Waals surface area contributed by atoms with E-state index in [2.05, 4.69) is 0 Å². The zero-order chi connectivity index (χ0) is 13.2. The highest BCUT2D eigenvalue weighted by molar-refractivity contribution is 7.91. The Bertz CT molecular complexity index is 519. The molecule has 0 radical (unpaired) electrons. The molecule has 0 bridgehead atoms. The lowest BCUT2D eigenvalue weighted by atomic mass is 10.0. The van der Waals surface area contributed by atoms with Gasteiger partial charge in [0, 0.05) is 18.9 Å². The molecule has 0 aromatic heterocycles. The molecule has 1 aliphatic rings. The normalized spacial score (nSPS) is 17.8. The largest absolute Gasteiger partial charge is 0.399 e. The maximum atomic E-state index is 12.4. The summed E-state index contributed by atoms with van der Waals surface area (Å²) in [5.74, 6) is 0.394. The van der Waals surface area contributed by atoms with Crippen LogP contribution in [0.3, 0.4) is 0 Å². The average molecular weight is 269 g/mol. The SMILES string of the molecule is Cc1ccc(N)cc1S(=O)(=O)CC1CCOCC1. The number of nitrogens with two attached hydrogens (primary N) is 1. The molecule has 100 valence electrons. The maximum Gasteiger partial charge on any atom is 0.178 e. The van der Waals surface area contributed by atoms with Crippen molar-refractivity contribution >= 4 is 15.5 Å². The second-order valence-corrected chi connectivity index (χ2v) is 6.86. The standard InChI is InChI=1S/C13H19NO3S/c1-10-2-3-12(14)8-13(10)18(15,16)9-11-4-6-17-7-5-11/h2-3,8,11H,4-7,9,14H2,1H3. The number of rotatable bonds is 3. The van der Waals surface area contributed by atoms with Gasteiger partial charge < -0.3 is 10.5 Å². The smallest absolute Gasteiger partial charge is 0.178 e. The zero-order valence-corrected chi connectivity index (χ0v) is 11.4. The van der Waals surface area contributed by atoms with Crippen LogP contribution in [-0.2, 0) is 14.6 Å². The highest BCUT2D eigenvalue weighted by Crippen LogP contribution is 2.24. The van der Waals surface area contributed by atoms with Gasteiger partial charge in [-0.1, -0.05) is 6.07 Å². The molecule has 0 aliphatic carbocycles. The van der Waals surface area contributed by atoms with Gasteiger partial charge in [-0.05, 0) is 43.4 Å². The van der Waals surface area contributed by atoms with Crippen molar-refractivity contribution in [3.63, 3.8) is 0 Å². The molecule has 0 spiro atoms. The van der Waals surface area contributed by atoms with Crippen molar-refractivity contribution in [2.45, 2.75) is 24.7 Å². The van der Waals surface area contributed by atoms with Crippen molar-refractivity contribution in [2.75, 3.05) is 24.7 Å². The zero-order valence-electron chi connectivity index (χ0n) is 10.6. The van der Waals surface area contributed by atoms with Crippen LogP contribution in [0.4, 0.5) is 5.69 Å². The molecule has 1 fully saturated rings. The molecule has 0 saturated carbocycles. The Morgan fingerprint density at radius 2 is 2.00 bits per heavy atom. The summed E-state index contributed by atoms with van der Waals surface area (Å²) in [4.78, 5) is 0.369. The van der Waals surface area contributed by atoms with Crippen molar-refractivity contribution < 1.29 is 13.2 Å². The number of benzene rings is 1. The van der Waals surface area contributed by atoms with Gasteiger partial charge in [-0.3, -0.25) is 0 Å². The molecule has 2 rings (SSSR count). The van der Waals surface area contributed by atoms with Crippen LogP contribution < -0.4 is 5.73 Å². The van der Waals surface area contributed by atoms with Gasteiger partial charge in [0.25, 0.3) is 0 Å². The number of anilines is 1. The quantitative estimate of drug-likeness (QED) is 0.849. The molecule has 0 amide bonds. The predicted molar refractivity (Wildman–Crippen MR) is 71.2 cm³/mol. The van der Waals surface area contributed by atoms with Crippen molar-refractivity contribution in [1.82, 2.24) is 0 Å². The summed E-state index contributed by atoms with van der Waals surface area (Å²) >= 11 is 0. The number of ether oxygens (including phenoxy) is 1. The lowest BCUT2D eigenvalue weighted by Crippen LogP contribution is -2.24. The number of nitrogen functional groups attached to an aromatic ring is 1. The monoisotopic (exact) mass is 269 g/mol. The van der Waals surface area contributed by atoms with Gasteiger partial charge in [-0.2, -0.15) is 0 Å². The van der Waals surface area contributed by atoms with Crippen LogP contribution in [0, 0.1) is 12.8 Å². The van der Waals surface area contributed by atoms with Crippen LogP contribution >= 0.6 is 0 Å². The van der Waals surface area contributed by atoms with E-state index in [0.29, 0.717) is 23.8 Å². The van der Waals surface area contributed by atoms with Crippen LogP contribution in [0.2, 0.25) is 0 Å². The maximum absolute atomic E-state index is 12.4. The van der Waals surface area contributed by atoms with E-state index in [9.17, 15) is 8.42 Å². The van der Waals surface area contributed by atoms with Gasteiger partial charge in [-0.25, -0.2) is 8.42 Å². The van der Waals surface area contributed by atoms with Gasteiger partial charge in [0.2, 0.25) is 0 Å². The van der Waals surface area contributed by atoms with Crippen LogP contribution in [0.1, 0.15) is 18.4 Å². The number of hydrogen-bond donors (Lipinski definition) is 1. The summed E-state index contributed by atoms with van der Waals surface area (Å²) in [6.07, 6.45) is 1.64. The van der Waals surface area contributed by atoms with Crippen molar-refractivity contribution in [3.8, 4) is 0 Å². The summed E-state index contributed by atoms with van der Waals surface area (Å²) in [6, 6.07) is 5.04. The van der Waals surface area contributed by atoms with Crippen LogP contribution in [0.5, 0.6) is 0 Å². The second-order valence-electron chi connectivity index (χ2n) is 4.86. The third-order valence-electron chi connectivity index (χ3n) is 3.34. The summed E-state index contributed by atoms with van der Waals surface area (Å²) < 4.78 is 30.0. The van der Waals surface area contributed by atoms with E-state index in [1.54, 1.807) is 25.1 Å². The van der Waals surface area contributed by atoms with Crippen molar-refractivity contribution in [2.24, 2.45) is 5.92 Å². The molecule has 18 heavy (non-hydrogen) atoms. The summed E-state index contributed by atoms with van der Waals surface area (Å²) in [7, 11) is -3.25. The summed E-state index contributed by atoms with van der Waals surface area (Å²) in [6.45, 7) is 3.13. The molecule has 0 unspecified atom stereocenters. The number of aryl methyl sites for hydroxylation is 1. The van der Waals surface area contributed by atoms with E-state index in [0.717, 1.165) is 18.4 Å². The van der Waals surface area contributed by atoms with Gasteiger partial charge in [0.15, 0.2) is 9.84 Å². The lowest BCUT2D eigenvalue weighted by Gasteiger charge is -2.22. The molecule has 1 aromatic rings. The number of sulfone groups is 1. The van der Waals surface area contributed by atoms with E-state index in [1.165, 1.54) is 0 Å².